The smallest absolute Gasteiger partial charge is 0.120 e. The molecule has 2 saturated heterocycles. The Hall–Kier alpha value is -0.540. The molecule has 2 heterocycles. The van der Waals surface area contributed by atoms with E-state index in [9.17, 15) is 10.2 Å². The predicted molar refractivity (Wildman–Crippen MR) is 112 cm³/mol. The van der Waals surface area contributed by atoms with Crippen LogP contribution in [-0.2, 0) is 18.9 Å². The molecule has 12 atom stereocenters. The Morgan fingerprint density at radius 3 is 2.71 bits per heavy atom. The zero-order valence-corrected chi connectivity index (χ0v) is 19.1. The highest BCUT2D eigenvalue weighted by Gasteiger charge is 2.78. The van der Waals surface area contributed by atoms with Crippen molar-refractivity contribution in [2.75, 3.05) is 41.0 Å². The van der Waals surface area contributed by atoms with Gasteiger partial charge in [-0.25, -0.2) is 0 Å². The summed E-state index contributed by atoms with van der Waals surface area (Å²) in [6, 6.07) is 0. The lowest BCUT2D eigenvalue weighted by atomic mass is 9.46. The van der Waals surface area contributed by atoms with Crippen LogP contribution in [0.15, 0.2) is 11.6 Å². The van der Waals surface area contributed by atoms with Crippen molar-refractivity contribution < 1.29 is 29.2 Å². The highest BCUT2D eigenvalue weighted by atomic mass is 16.5. The van der Waals surface area contributed by atoms with Gasteiger partial charge in [0.15, 0.2) is 0 Å². The quantitative estimate of drug-likeness (QED) is 0.625. The Balaban J connectivity index is 1.60. The second-order valence-electron chi connectivity index (χ2n) is 10.9. The molecule has 174 valence electrons. The molecule has 0 aromatic heterocycles. The molecule has 0 aromatic rings. The summed E-state index contributed by atoms with van der Waals surface area (Å²) in [5.41, 5.74) is 0.689. The molecule has 7 heteroatoms. The van der Waals surface area contributed by atoms with Gasteiger partial charge >= 0.3 is 0 Å². The van der Waals surface area contributed by atoms with E-state index in [-0.39, 0.29) is 59.0 Å². The van der Waals surface area contributed by atoms with Crippen LogP contribution in [0.4, 0.5) is 0 Å². The minimum atomic E-state index is -0.686. The predicted octanol–water partition coefficient (Wildman–Crippen LogP) is 1.03. The standard InChI is InChI=1S/C24H37NO6/c1-5-25-10-23(11-28-2)7-6-16(29-3)24-14-8-13-18(26)17(14)12(19(27)20(13)30-4)9-15(21(23)24)31-22(24)25/h9,13-22,26-27H,5-8,10-11H2,1-4H3/t13-,14+,15+,16-,17+,18-,19-,20+,21+,22?,23-,24-/m0/s1. The average molecular weight is 436 g/mol. The van der Waals surface area contributed by atoms with Gasteiger partial charge in [0.2, 0.25) is 0 Å². The topological polar surface area (TPSA) is 80.6 Å². The molecule has 3 saturated carbocycles. The molecule has 6 aliphatic rings. The Morgan fingerprint density at radius 1 is 1.23 bits per heavy atom. The first-order chi connectivity index (χ1) is 15.0. The molecular formula is C24H37NO6. The van der Waals surface area contributed by atoms with Crippen LogP contribution >= 0.6 is 0 Å². The molecule has 2 N–H and O–H groups in total. The lowest BCUT2D eigenvalue weighted by molar-refractivity contribution is -0.246. The van der Waals surface area contributed by atoms with Crippen molar-refractivity contribution in [3.63, 3.8) is 0 Å². The van der Waals surface area contributed by atoms with Crippen LogP contribution in [0.3, 0.4) is 0 Å². The fraction of sp³-hybridized carbons (Fsp3) is 0.917. The SMILES string of the molecule is CCN1C[C@]2(COC)CC[C@H](OC)[C@@]34C1O[C@H](C=C1[C@H]5[C@@H](O)[C@H](C[C@H]53)[C@@H](OC)[C@H]1O)[C@H]24. The number of nitrogens with zero attached hydrogens (tertiary/aromatic N) is 1. The summed E-state index contributed by atoms with van der Waals surface area (Å²) in [6.45, 7) is 4.80. The molecule has 1 unspecified atom stereocenters. The van der Waals surface area contributed by atoms with Crippen molar-refractivity contribution >= 4 is 0 Å². The molecule has 6 rings (SSSR count). The fourth-order valence-corrected chi connectivity index (χ4v) is 9.48. The van der Waals surface area contributed by atoms with Gasteiger partial charge in [-0.05, 0) is 37.3 Å². The van der Waals surface area contributed by atoms with Gasteiger partial charge in [-0.2, -0.15) is 0 Å². The first-order valence-corrected chi connectivity index (χ1v) is 12.0. The molecule has 7 nitrogen and oxygen atoms in total. The van der Waals surface area contributed by atoms with Gasteiger partial charge in [0.05, 0.1) is 31.0 Å². The first-order valence-electron chi connectivity index (χ1n) is 12.0. The number of rotatable bonds is 5. The normalized spacial score (nSPS) is 57.0. The van der Waals surface area contributed by atoms with Crippen molar-refractivity contribution in [1.82, 2.24) is 4.90 Å². The van der Waals surface area contributed by atoms with Crippen LogP contribution in [0.1, 0.15) is 26.2 Å². The molecule has 4 aliphatic carbocycles. The average Bonchev–Trinajstić information content (AvgIpc) is 3.11. The summed E-state index contributed by atoms with van der Waals surface area (Å²) in [7, 11) is 5.30. The molecule has 5 fully saturated rings. The summed E-state index contributed by atoms with van der Waals surface area (Å²) >= 11 is 0. The number of methoxy groups -OCH3 is 3. The number of likely N-dealkylation sites (tertiary alicyclic amines) is 1. The van der Waals surface area contributed by atoms with Crippen LogP contribution < -0.4 is 0 Å². The summed E-state index contributed by atoms with van der Waals surface area (Å²) < 4.78 is 24.8. The van der Waals surface area contributed by atoms with Crippen LogP contribution in [0.2, 0.25) is 0 Å². The minimum Gasteiger partial charge on any atom is -0.392 e. The number of ether oxygens (including phenoxy) is 4. The molecular weight excluding hydrogens is 398 g/mol. The molecule has 0 radical (unpaired) electrons. The second kappa shape index (κ2) is 6.98. The van der Waals surface area contributed by atoms with E-state index >= 15 is 0 Å². The lowest BCUT2D eigenvalue weighted by Gasteiger charge is -2.64. The molecule has 2 aliphatic heterocycles. The Bertz CT molecular complexity index is 775. The molecule has 0 amide bonds. The summed E-state index contributed by atoms with van der Waals surface area (Å²) in [5, 5.41) is 22.7. The van der Waals surface area contributed by atoms with E-state index in [1.807, 2.05) is 7.11 Å². The number of aliphatic hydroxyl groups is 2. The van der Waals surface area contributed by atoms with Crippen LogP contribution in [0.25, 0.3) is 0 Å². The second-order valence-corrected chi connectivity index (χ2v) is 10.9. The van der Waals surface area contributed by atoms with E-state index in [1.165, 1.54) is 0 Å². The van der Waals surface area contributed by atoms with E-state index < -0.39 is 12.2 Å². The summed E-state index contributed by atoms with van der Waals surface area (Å²) in [5.74, 6) is 0.324. The number of hydrogen-bond donors (Lipinski definition) is 2. The van der Waals surface area contributed by atoms with Crippen molar-refractivity contribution in [2.24, 2.45) is 34.5 Å². The highest BCUT2D eigenvalue weighted by Crippen LogP contribution is 2.73. The van der Waals surface area contributed by atoms with Gasteiger partial charge in [0.1, 0.15) is 12.3 Å². The van der Waals surface area contributed by atoms with Crippen molar-refractivity contribution in [3.05, 3.63) is 11.6 Å². The largest absolute Gasteiger partial charge is 0.392 e. The highest BCUT2D eigenvalue weighted by molar-refractivity contribution is 5.36. The van der Waals surface area contributed by atoms with Crippen molar-refractivity contribution in [2.45, 2.75) is 62.9 Å². The minimum absolute atomic E-state index is 0.0121. The van der Waals surface area contributed by atoms with E-state index in [0.29, 0.717) is 6.61 Å². The monoisotopic (exact) mass is 435 g/mol. The van der Waals surface area contributed by atoms with Crippen molar-refractivity contribution in [3.8, 4) is 0 Å². The Morgan fingerprint density at radius 2 is 2.03 bits per heavy atom. The van der Waals surface area contributed by atoms with Gasteiger partial charge in [-0.3, -0.25) is 4.90 Å². The lowest BCUT2D eigenvalue weighted by Crippen LogP contribution is -2.71. The van der Waals surface area contributed by atoms with Crippen molar-refractivity contribution in [1.29, 1.82) is 0 Å². The van der Waals surface area contributed by atoms with Crippen LogP contribution in [-0.4, -0.2) is 92.9 Å². The zero-order chi connectivity index (χ0) is 21.7. The Kier molecular flexibility index (Phi) is 4.74. The van der Waals surface area contributed by atoms with Crippen LogP contribution in [0, 0.1) is 34.5 Å². The number of piperidine rings is 1. The first kappa shape index (κ1) is 21.0. The maximum atomic E-state index is 11.4. The van der Waals surface area contributed by atoms with E-state index in [4.69, 9.17) is 18.9 Å². The zero-order valence-electron chi connectivity index (χ0n) is 19.1. The summed E-state index contributed by atoms with van der Waals surface area (Å²) in [4.78, 5) is 2.50. The number of hydrogen-bond acceptors (Lipinski definition) is 7. The molecule has 0 spiro atoms. The molecule has 7 bridgehead atoms. The van der Waals surface area contributed by atoms with Gasteiger partial charge in [-0.15, -0.1) is 0 Å². The van der Waals surface area contributed by atoms with E-state index in [1.54, 1.807) is 14.2 Å². The van der Waals surface area contributed by atoms with Gasteiger partial charge in [0, 0.05) is 56.5 Å². The maximum Gasteiger partial charge on any atom is 0.120 e. The van der Waals surface area contributed by atoms with E-state index in [0.717, 1.165) is 37.9 Å². The van der Waals surface area contributed by atoms with Gasteiger partial charge < -0.3 is 29.2 Å². The Labute approximate surface area is 184 Å². The molecule has 0 aromatic carbocycles. The maximum absolute atomic E-state index is 11.4. The van der Waals surface area contributed by atoms with E-state index in [2.05, 4.69) is 17.9 Å². The fourth-order valence-electron chi connectivity index (χ4n) is 9.48. The summed E-state index contributed by atoms with van der Waals surface area (Å²) in [6.07, 6.45) is 3.41. The number of fused-ring (bicyclic) bond motifs is 1. The van der Waals surface area contributed by atoms with Gasteiger partial charge in [0.25, 0.3) is 0 Å². The van der Waals surface area contributed by atoms with Gasteiger partial charge in [-0.1, -0.05) is 13.0 Å². The third-order valence-electron chi connectivity index (χ3n) is 10.2. The number of aliphatic hydroxyl groups excluding tert-OH is 2. The molecule has 31 heavy (non-hydrogen) atoms. The van der Waals surface area contributed by atoms with Crippen LogP contribution in [0.5, 0.6) is 0 Å². The third-order valence-corrected chi connectivity index (χ3v) is 10.2. The third kappa shape index (κ3) is 2.29.